The van der Waals surface area contributed by atoms with Crippen LogP contribution in [0.25, 0.3) is 0 Å². The number of nitrogens with zero attached hydrogens (tertiary/aromatic N) is 2. The molecule has 0 amide bonds. The molecule has 0 unspecified atom stereocenters. The largest absolute Gasteiger partial charge is 0.273 e. The lowest BCUT2D eigenvalue weighted by Gasteiger charge is -2.25. The van der Waals surface area contributed by atoms with Crippen molar-refractivity contribution >= 4 is 21.4 Å². The number of benzene rings is 2. The van der Waals surface area contributed by atoms with Gasteiger partial charge >= 0.3 is 0 Å². The molecule has 0 fully saturated rings. The minimum absolute atomic E-state index is 0.0818. The summed E-state index contributed by atoms with van der Waals surface area (Å²) in [7, 11) is -3.88. The summed E-state index contributed by atoms with van der Waals surface area (Å²) in [5.74, 6) is 0. The third-order valence-corrected chi connectivity index (χ3v) is 5.76. The van der Waals surface area contributed by atoms with Crippen LogP contribution < -0.4 is 4.31 Å². The van der Waals surface area contributed by atoms with E-state index in [1.54, 1.807) is 19.9 Å². The van der Waals surface area contributed by atoms with Crippen LogP contribution in [-0.2, 0) is 10.0 Å². The molecule has 0 N–H and O–H groups in total. The fourth-order valence-corrected chi connectivity index (χ4v) is 4.19. The highest BCUT2D eigenvalue weighted by molar-refractivity contribution is 7.92. The van der Waals surface area contributed by atoms with Gasteiger partial charge in [-0.3, -0.25) is 14.4 Å². The van der Waals surface area contributed by atoms with Gasteiger partial charge in [0, 0.05) is 18.2 Å². The fraction of sp³-hybridized carbons (Fsp3) is 0.294. The fourth-order valence-electron chi connectivity index (χ4n) is 2.63. The molecule has 0 spiro atoms. The summed E-state index contributed by atoms with van der Waals surface area (Å²) in [6.07, 6.45) is 0. The zero-order valence-corrected chi connectivity index (χ0v) is 14.9. The Morgan fingerprint density at radius 3 is 2.25 bits per heavy atom. The number of aryl methyl sites for hydroxylation is 3. The van der Waals surface area contributed by atoms with Gasteiger partial charge < -0.3 is 0 Å². The topological polar surface area (TPSA) is 80.5 Å². The Hall–Kier alpha value is -2.41. The first-order valence-corrected chi connectivity index (χ1v) is 8.97. The number of hydrogen-bond acceptors (Lipinski definition) is 4. The summed E-state index contributed by atoms with van der Waals surface area (Å²) in [6.45, 7) is 7.33. The predicted molar refractivity (Wildman–Crippen MR) is 94.0 cm³/mol. The van der Waals surface area contributed by atoms with Gasteiger partial charge in [0.1, 0.15) is 0 Å². The second-order valence-electron chi connectivity index (χ2n) is 5.67. The maximum atomic E-state index is 13.0. The van der Waals surface area contributed by atoms with Crippen molar-refractivity contribution in [2.45, 2.75) is 32.6 Å². The summed E-state index contributed by atoms with van der Waals surface area (Å²) < 4.78 is 27.3. The lowest BCUT2D eigenvalue weighted by Crippen LogP contribution is -2.31. The standard InChI is InChI=1S/C17H20N2O4S/c1-5-18(16-9-6-12(2)10-14(16)4)24(22,23)15-8-7-13(3)17(11-15)19(20)21/h6-11H,5H2,1-4H3. The number of hydrogen-bond donors (Lipinski definition) is 0. The molecule has 0 aliphatic heterocycles. The van der Waals surface area contributed by atoms with Gasteiger partial charge in [0.05, 0.1) is 15.5 Å². The molecule has 6 nitrogen and oxygen atoms in total. The Kier molecular flexibility index (Phi) is 4.94. The van der Waals surface area contributed by atoms with Gasteiger partial charge in [0.25, 0.3) is 15.7 Å². The maximum Gasteiger partial charge on any atom is 0.273 e. The molecule has 0 saturated carbocycles. The van der Waals surface area contributed by atoms with E-state index in [1.807, 2.05) is 26.0 Å². The molecule has 7 heteroatoms. The minimum Gasteiger partial charge on any atom is -0.266 e. The average Bonchev–Trinajstić information content (AvgIpc) is 2.49. The average molecular weight is 348 g/mol. The van der Waals surface area contributed by atoms with E-state index in [0.717, 1.165) is 17.2 Å². The Labute approximate surface area is 141 Å². The molecule has 0 atom stereocenters. The molecule has 2 aromatic carbocycles. The lowest BCUT2D eigenvalue weighted by molar-refractivity contribution is -0.385. The minimum atomic E-state index is -3.88. The lowest BCUT2D eigenvalue weighted by atomic mass is 10.1. The van der Waals surface area contributed by atoms with Crippen LogP contribution in [0.3, 0.4) is 0 Å². The summed E-state index contributed by atoms with van der Waals surface area (Å²) in [4.78, 5) is 10.4. The van der Waals surface area contributed by atoms with Gasteiger partial charge in [0.2, 0.25) is 0 Å². The van der Waals surface area contributed by atoms with E-state index in [-0.39, 0.29) is 17.1 Å². The molecule has 0 saturated heterocycles. The van der Waals surface area contributed by atoms with E-state index in [4.69, 9.17) is 0 Å². The van der Waals surface area contributed by atoms with Crippen molar-refractivity contribution in [1.29, 1.82) is 0 Å². The quantitative estimate of drug-likeness (QED) is 0.609. The zero-order valence-electron chi connectivity index (χ0n) is 14.1. The molecule has 24 heavy (non-hydrogen) atoms. The Morgan fingerprint density at radius 2 is 1.71 bits per heavy atom. The van der Waals surface area contributed by atoms with Crippen LogP contribution in [0, 0.1) is 30.9 Å². The van der Waals surface area contributed by atoms with E-state index in [0.29, 0.717) is 11.3 Å². The number of anilines is 1. The van der Waals surface area contributed by atoms with Crippen molar-refractivity contribution in [2.75, 3.05) is 10.8 Å². The van der Waals surface area contributed by atoms with Crippen LogP contribution in [0.15, 0.2) is 41.3 Å². The number of rotatable bonds is 5. The first-order valence-electron chi connectivity index (χ1n) is 7.53. The van der Waals surface area contributed by atoms with Crippen LogP contribution in [0.4, 0.5) is 11.4 Å². The van der Waals surface area contributed by atoms with Gasteiger partial charge in [-0.15, -0.1) is 0 Å². The molecule has 0 radical (unpaired) electrons. The molecular weight excluding hydrogens is 328 g/mol. The summed E-state index contributed by atoms with van der Waals surface area (Å²) in [6, 6.07) is 9.50. The van der Waals surface area contributed by atoms with Gasteiger partial charge in [-0.25, -0.2) is 8.42 Å². The molecule has 0 aliphatic rings. The Bertz CT molecular complexity index is 891. The Balaban J connectivity index is 2.59. The highest BCUT2D eigenvalue weighted by Crippen LogP contribution is 2.29. The molecule has 0 aliphatic carbocycles. The van der Waals surface area contributed by atoms with Crippen molar-refractivity contribution in [3.63, 3.8) is 0 Å². The maximum absolute atomic E-state index is 13.0. The second-order valence-corrected chi connectivity index (χ2v) is 7.53. The van der Waals surface area contributed by atoms with Gasteiger partial charge in [-0.1, -0.05) is 23.8 Å². The first kappa shape index (κ1) is 17.9. The molecule has 0 bridgehead atoms. The second kappa shape index (κ2) is 6.60. The van der Waals surface area contributed by atoms with E-state index in [1.165, 1.54) is 16.4 Å². The van der Waals surface area contributed by atoms with Crippen LogP contribution in [0.2, 0.25) is 0 Å². The van der Waals surface area contributed by atoms with Crippen molar-refractivity contribution in [3.05, 3.63) is 63.2 Å². The molecule has 0 aromatic heterocycles. The van der Waals surface area contributed by atoms with Crippen LogP contribution >= 0.6 is 0 Å². The third-order valence-electron chi connectivity index (χ3n) is 3.87. The van der Waals surface area contributed by atoms with Crippen molar-refractivity contribution < 1.29 is 13.3 Å². The van der Waals surface area contributed by atoms with Gasteiger partial charge in [0.15, 0.2) is 0 Å². The smallest absolute Gasteiger partial charge is 0.266 e. The van der Waals surface area contributed by atoms with Crippen LogP contribution in [0.1, 0.15) is 23.6 Å². The number of nitro groups is 1. The molecular formula is C17H20N2O4S. The van der Waals surface area contributed by atoms with E-state index in [9.17, 15) is 18.5 Å². The highest BCUT2D eigenvalue weighted by Gasteiger charge is 2.27. The highest BCUT2D eigenvalue weighted by atomic mass is 32.2. The Morgan fingerprint density at radius 1 is 1.04 bits per heavy atom. The van der Waals surface area contributed by atoms with Gasteiger partial charge in [-0.05, 0) is 45.4 Å². The summed E-state index contributed by atoms with van der Waals surface area (Å²) in [5, 5.41) is 11.1. The molecule has 2 aromatic rings. The van der Waals surface area contributed by atoms with Crippen molar-refractivity contribution in [1.82, 2.24) is 0 Å². The number of sulfonamides is 1. The van der Waals surface area contributed by atoms with Crippen LogP contribution in [-0.4, -0.2) is 19.9 Å². The summed E-state index contributed by atoms with van der Waals surface area (Å²) in [5.41, 5.74) is 2.67. The van der Waals surface area contributed by atoms with Crippen LogP contribution in [0.5, 0.6) is 0 Å². The van der Waals surface area contributed by atoms with E-state index in [2.05, 4.69) is 0 Å². The molecule has 128 valence electrons. The molecule has 2 rings (SSSR count). The predicted octanol–water partition coefficient (Wildman–Crippen LogP) is 3.74. The summed E-state index contributed by atoms with van der Waals surface area (Å²) >= 11 is 0. The van der Waals surface area contributed by atoms with E-state index >= 15 is 0 Å². The zero-order chi connectivity index (χ0) is 18.1. The normalized spacial score (nSPS) is 11.3. The monoisotopic (exact) mass is 348 g/mol. The van der Waals surface area contributed by atoms with Crippen molar-refractivity contribution in [2.24, 2.45) is 0 Å². The first-order chi connectivity index (χ1) is 11.2. The molecule has 0 heterocycles. The third kappa shape index (κ3) is 3.26. The SMILES string of the molecule is CCN(c1ccc(C)cc1C)S(=O)(=O)c1ccc(C)c([N+](=O)[O-])c1. The van der Waals surface area contributed by atoms with E-state index < -0.39 is 14.9 Å². The number of nitro benzene ring substituents is 1. The van der Waals surface area contributed by atoms with Gasteiger partial charge in [-0.2, -0.15) is 0 Å². The van der Waals surface area contributed by atoms with Crippen molar-refractivity contribution in [3.8, 4) is 0 Å².